The van der Waals surface area contributed by atoms with E-state index in [4.69, 9.17) is 10.2 Å². The molecule has 0 amide bonds. The Kier molecular flexibility index (Phi) is 6.49. The molecule has 0 spiro atoms. The average molecular weight is 204 g/mol. The van der Waals surface area contributed by atoms with E-state index < -0.39 is 0 Å². The van der Waals surface area contributed by atoms with Gasteiger partial charge in [-0.3, -0.25) is 4.98 Å². The van der Waals surface area contributed by atoms with Crippen molar-refractivity contribution in [2.45, 2.75) is 12.8 Å². The summed E-state index contributed by atoms with van der Waals surface area (Å²) < 4.78 is 0. The molecule has 1 aromatic rings. The summed E-state index contributed by atoms with van der Waals surface area (Å²) in [6.45, 7) is 0.270. The summed E-state index contributed by atoms with van der Waals surface area (Å²) in [4.78, 5) is 3.95. The molecule has 0 unspecified atom stereocenters. The van der Waals surface area contributed by atoms with Gasteiger partial charge in [0.1, 0.15) is 0 Å². The van der Waals surface area contributed by atoms with E-state index in [9.17, 15) is 0 Å². The first-order valence-electron chi connectivity index (χ1n) is 4.02. The van der Waals surface area contributed by atoms with Crippen molar-refractivity contribution < 1.29 is 10.2 Å². The van der Waals surface area contributed by atoms with Crippen molar-refractivity contribution in [2.75, 3.05) is 13.2 Å². The zero-order chi connectivity index (χ0) is 8.81. The molecule has 0 aliphatic rings. The van der Waals surface area contributed by atoms with E-state index in [-0.39, 0.29) is 25.6 Å². The van der Waals surface area contributed by atoms with Gasteiger partial charge in [-0.1, -0.05) is 0 Å². The van der Waals surface area contributed by atoms with Crippen LogP contribution in [0.3, 0.4) is 0 Å². The predicted molar refractivity (Wildman–Crippen MR) is 53.1 cm³/mol. The summed E-state index contributed by atoms with van der Waals surface area (Å²) in [5.41, 5.74) is 2.09. The van der Waals surface area contributed by atoms with Gasteiger partial charge in [0.15, 0.2) is 0 Å². The minimum Gasteiger partial charge on any atom is -0.396 e. The molecule has 0 fully saturated rings. The lowest BCUT2D eigenvalue weighted by Crippen LogP contribution is -2.00. The fourth-order valence-corrected chi connectivity index (χ4v) is 1.17. The number of aliphatic hydroxyl groups is 2. The van der Waals surface area contributed by atoms with Crippen LogP contribution >= 0.6 is 12.4 Å². The fourth-order valence-electron chi connectivity index (χ4n) is 1.17. The Morgan fingerprint density at radius 2 is 1.69 bits per heavy atom. The first kappa shape index (κ1) is 12.4. The maximum absolute atomic E-state index is 8.73. The molecule has 0 radical (unpaired) electrons. The summed E-state index contributed by atoms with van der Waals surface area (Å²) in [6.07, 6.45) is 4.69. The number of hydrogen-bond acceptors (Lipinski definition) is 3. The number of rotatable bonds is 4. The van der Waals surface area contributed by atoms with Gasteiger partial charge in [0.25, 0.3) is 0 Å². The van der Waals surface area contributed by atoms with Crippen LogP contribution in [-0.2, 0) is 12.8 Å². The molecule has 1 heterocycles. The van der Waals surface area contributed by atoms with E-state index in [1.165, 1.54) is 0 Å². The molecule has 0 aromatic carbocycles. The average Bonchev–Trinajstić information content (AvgIpc) is 2.09. The molecule has 1 aromatic heterocycles. The Labute approximate surface area is 83.9 Å². The fraction of sp³-hybridized carbons (Fsp3) is 0.444. The minimum absolute atomic E-state index is 0. The number of hydrogen-bond donors (Lipinski definition) is 2. The number of aromatic nitrogens is 1. The van der Waals surface area contributed by atoms with Crippen LogP contribution in [-0.4, -0.2) is 28.4 Å². The third kappa shape index (κ3) is 3.72. The molecule has 0 saturated heterocycles. The van der Waals surface area contributed by atoms with Crippen LogP contribution in [0.5, 0.6) is 0 Å². The lowest BCUT2D eigenvalue weighted by atomic mass is 10.1. The summed E-state index contributed by atoms with van der Waals surface area (Å²) in [6, 6.07) is 1.88. The van der Waals surface area contributed by atoms with Crippen molar-refractivity contribution in [3.63, 3.8) is 0 Å². The lowest BCUT2D eigenvalue weighted by Gasteiger charge is -2.04. The molecule has 74 valence electrons. The number of nitrogens with zero attached hydrogens (tertiary/aromatic N) is 1. The van der Waals surface area contributed by atoms with Gasteiger partial charge in [-0.2, -0.15) is 0 Å². The molecule has 3 nitrogen and oxygen atoms in total. The highest BCUT2D eigenvalue weighted by molar-refractivity contribution is 5.85. The maximum atomic E-state index is 8.73. The normalized spacial score (nSPS) is 9.38. The van der Waals surface area contributed by atoms with Crippen LogP contribution in [0.1, 0.15) is 11.1 Å². The second-order valence-electron chi connectivity index (χ2n) is 2.59. The van der Waals surface area contributed by atoms with Crippen LogP contribution in [0.4, 0.5) is 0 Å². The Morgan fingerprint density at radius 1 is 1.08 bits per heavy atom. The first-order chi connectivity index (χ1) is 5.88. The molecule has 0 bridgehead atoms. The van der Waals surface area contributed by atoms with E-state index in [0.717, 1.165) is 11.1 Å². The van der Waals surface area contributed by atoms with E-state index in [2.05, 4.69) is 4.98 Å². The summed E-state index contributed by atoms with van der Waals surface area (Å²) in [7, 11) is 0. The Balaban J connectivity index is 0.00000144. The highest BCUT2D eigenvalue weighted by atomic mass is 35.5. The third-order valence-corrected chi connectivity index (χ3v) is 1.77. The topological polar surface area (TPSA) is 53.4 Å². The molecule has 13 heavy (non-hydrogen) atoms. The van der Waals surface area contributed by atoms with Crippen LogP contribution in [0.2, 0.25) is 0 Å². The van der Waals surface area contributed by atoms with Gasteiger partial charge >= 0.3 is 0 Å². The highest BCUT2D eigenvalue weighted by Crippen LogP contribution is 2.07. The Morgan fingerprint density at radius 3 is 2.31 bits per heavy atom. The van der Waals surface area contributed by atoms with Gasteiger partial charge in [-0.05, 0) is 30.0 Å². The van der Waals surface area contributed by atoms with Crippen molar-refractivity contribution >= 4 is 12.4 Å². The molecule has 0 aliphatic heterocycles. The Hall–Kier alpha value is -0.640. The van der Waals surface area contributed by atoms with Crippen LogP contribution in [0, 0.1) is 0 Å². The van der Waals surface area contributed by atoms with Crippen molar-refractivity contribution in [2.24, 2.45) is 0 Å². The zero-order valence-corrected chi connectivity index (χ0v) is 8.13. The number of aliphatic hydroxyl groups excluding tert-OH is 2. The van der Waals surface area contributed by atoms with Crippen LogP contribution < -0.4 is 0 Å². The number of pyridine rings is 1. The second-order valence-corrected chi connectivity index (χ2v) is 2.59. The monoisotopic (exact) mass is 203 g/mol. The van der Waals surface area contributed by atoms with E-state index in [1.54, 1.807) is 12.4 Å². The lowest BCUT2D eigenvalue weighted by molar-refractivity contribution is 0.293. The minimum atomic E-state index is 0. The van der Waals surface area contributed by atoms with Gasteiger partial charge in [0.05, 0.1) is 0 Å². The van der Waals surface area contributed by atoms with Crippen molar-refractivity contribution in [1.29, 1.82) is 0 Å². The highest BCUT2D eigenvalue weighted by Gasteiger charge is 1.99. The van der Waals surface area contributed by atoms with E-state index >= 15 is 0 Å². The standard InChI is InChI=1S/C9H13NO2.ClH/c11-5-2-8-1-4-10-7-9(8)3-6-12;/h1,4,7,11-12H,2-3,5-6H2;1H. The molecular formula is C9H14ClNO2. The number of halogens is 1. The van der Waals surface area contributed by atoms with E-state index in [0.29, 0.717) is 12.8 Å². The van der Waals surface area contributed by atoms with Crippen LogP contribution in [0.15, 0.2) is 18.5 Å². The van der Waals surface area contributed by atoms with Gasteiger partial charge < -0.3 is 10.2 Å². The zero-order valence-electron chi connectivity index (χ0n) is 7.31. The first-order valence-corrected chi connectivity index (χ1v) is 4.02. The molecule has 0 aliphatic carbocycles. The van der Waals surface area contributed by atoms with Crippen molar-refractivity contribution in [3.8, 4) is 0 Å². The molecule has 0 atom stereocenters. The van der Waals surface area contributed by atoms with Crippen LogP contribution in [0.25, 0.3) is 0 Å². The van der Waals surface area contributed by atoms with Gasteiger partial charge in [-0.15, -0.1) is 12.4 Å². The van der Waals surface area contributed by atoms with Gasteiger partial charge in [-0.25, -0.2) is 0 Å². The van der Waals surface area contributed by atoms with Crippen molar-refractivity contribution in [1.82, 2.24) is 4.98 Å². The molecular weight excluding hydrogens is 190 g/mol. The molecule has 2 N–H and O–H groups in total. The predicted octanol–water partition coefficient (Wildman–Crippen LogP) is 0.573. The quantitative estimate of drug-likeness (QED) is 0.753. The summed E-state index contributed by atoms with van der Waals surface area (Å²) >= 11 is 0. The second kappa shape index (κ2) is 6.83. The summed E-state index contributed by atoms with van der Waals surface area (Å²) in [5.74, 6) is 0. The molecule has 4 heteroatoms. The largest absolute Gasteiger partial charge is 0.396 e. The molecule has 0 saturated carbocycles. The Bertz CT molecular complexity index is 218. The third-order valence-electron chi connectivity index (χ3n) is 1.77. The maximum Gasteiger partial charge on any atom is 0.0472 e. The van der Waals surface area contributed by atoms with Gasteiger partial charge in [0.2, 0.25) is 0 Å². The SMILES string of the molecule is Cl.OCCc1ccncc1CCO. The smallest absolute Gasteiger partial charge is 0.0472 e. The van der Waals surface area contributed by atoms with E-state index in [1.807, 2.05) is 6.07 Å². The van der Waals surface area contributed by atoms with Crippen molar-refractivity contribution in [3.05, 3.63) is 29.6 Å². The summed E-state index contributed by atoms with van der Waals surface area (Å²) in [5, 5.41) is 17.5. The van der Waals surface area contributed by atoms with Gasteiger partial charge in [0, 0.05) is 25.6 Å². The molecule has 1 rings (SSSR count).